The molecular formula is C10H14FN3O4. The van der Waals surface area contributed by atoms with Gasteiger partial charge in [-0.05, 0) is 6.92 Å². The standard InChI is InChI=1S/C10H14FN3O4/c1-5-3-14(10(16)12-9(5)13-17)8-2-6(11)7(4-15)18-8/h3,6-8,15,17H,2,4H2,1H3,(H,12,13,16). The minimum atomic E-state index is -1.32. The Bertz CT molecular complexity index is 493. The van der Waals surface area contributed by atoms with E-state index in [1.54, 1.807) is 12.4 Å². The molecule has 100 valence electrons. The second kappa shape index (κ2) is 5.01. The van der Waals surface area contributed by atoms with Gasteiger partial charge in [0.2, 0.25) is 0 Å². The summed E-state index contributed by atoms with van der Waals surface area (Å²) in [5, 5.41) is 17.6. The van der Waals surface area contributed by atoms with Gasteiger partial charge in [-0.1, -0.05) is 0 Å². The maximum atomic E-state index is 13.4. The highest BCUT2D eigenvalue weighted by atomic mass is 19.1. The predicted molar refractivity (Wildman–Crippen MR) is 59.2 cm³/mol. The third-order valence-corrected chi connectivity index (χ3v) is 2.89. The number of aryl methyl sites for hydroxylation is 1. The average molecular weight is 259 g/mol. The van der Waals surface area contributed by atoms with E-state index < -0.39 is 30.8 Å². The summed E-state index contributed by atoms with van der Waals surface area (Å²) < 4.78 is 19.8. The zero-order chi connectivity index (χ0) is 13.3. The molecule has 1 aliphatic heterocycles. The number of hydrogen-bond donors (Lipinski definition) is 3. The number of nitrogens with one attached hydrogen (secondary N) is 1. The number of alkyl halides is 1. The smallest absolute Gasteiger partial charge is 0.351 e. The number of nitrogens with zero attached hydrogens (tertiary/aromatic N) is 2. The van der Waals surface area contributed by atoms with Crippen LogP contribution in [0.5, 0.6) is 0 Å². The van der Waals surface area contributed by atoms with Crippen LogP contribution in [0.15, 0.2) is 11.0 Å². The second-order valence-corrected chi connectivity index (χ2v) is 4.14. The number of halogens is 1. The fraction of sp³-hybridized carbons (Fsp3) is 0.600. The molecule has 1 fully saturated rings. The first kappa shape index (κ1) is 12.9. The highest BCUT2D eigenvalue weighted by Gasteiger charge is 2.36. The molecule has 0 radical (unpaired) electrons. The van der Waals surface area contributed by atoms with E-state index in [9.17, 15) is 9.18 Å². The van der Waals surface area contributed by atoms with Crippen LogP contribution < -0.4 is 11.2 Å². The molecule has 0 amide bonds. The van der Waals surface area contributed by atoms with Crippen LogP contribution in [0, 0.1) is 6.92 Å². The van der Waals surface area contributed by atoms with E-state index in [0.717, 1.165) is 4.57 Å². The van der Waals surface area contributed by atoms with Gasteiger partial charge in [0, 0.05) is 18.2 Å². The van der Waals surface area contributed by atoms with Gasteiger partial charge in [-0.2, -0.15) is 4.98 Å². The lowest BCUT2D eigenvalue weighted by atomic mass is 10.2. The molecule has 18 heavy (non-hydrogen) atoms. The lowest BCUT2D eigenvalue weighted by Gasteiger charge is -2.15. The summed E-state index contributed by atoms with van der Waals surface area (Å²) in [5.41, 5.74) is 1.66. The molecule has 8 heteroatoms. The third kappa shape index (κ3) is 2.22. The maximum Gasteiger partial charge on any atom is 0.351 e. The first-order valence-electron chi connectivity index (χ1n) is 5.47. The van der Waals surface area contributed by atoms with Gasteiger partial charge in [-0.25, -0.2) is 9.18 Å². The Balaban J connectivity index is 2.30. The van der Waals surface area contributed by atoms with Crippen LogP contribution in [0.2, 0.25) is 0 Å². The van der Waals surface area contributed by atoms with E-state index in [4.69, 9.17) is 15.1 Å². The molecule has 1 saturated heterocycles. The number of anilines is 1. The molecule has 1 aromatic heterocycles. The van der Waals surface area contributed by atoms with Crippen molar-refractivity contribution in [2.45, 2.75) is 31.8 Å². The minimum Gasteiger partial charge on any atom is -0.394 e. The van der Waals surface area contributed by atoms with Crippen molar-refractivity contribution in [3.63, 3.8) is 0 Å². The van der Waals surface area contributed by atoms with Crippen LogP contribution in [0.4, 0.5) is 10.2 Å². The Labute approximate surface area is 102 Å². The minimum absolute atomic E-state index is 0.0157. The molecule has 0 saturated carbocycles. The molecule has 0 aliphatic carbocycles. The highest BCUT2D eigenvalue weighted by molar-refractivity contribution is 5.38. The SMILES string of the molecule is Cc1cn(C2CC(F)C(CO)O2)c(=O)nc1NO. The van der Waals surface area contributed by atoms with Crippen LogP contribution in [0.3, 0.4) is 0 Å². The van der Waals surface area contributed by atoms with Crippen LogP contribution in [-0.2, 0) is 4.74 Å². The number of rotatable bonds is 3. The van der Waals surface area contributed by atoms with Gasteiger partial charge in [-0.3, -0.25) is 15.3 Å². The molecule has 1 aromatic rings. The lowest BCUT2D eigenvalue weighted by Crippen LogP contribution is -2.28. The molecule has 1 aliphatic rings. The van der Waals surface area contributed by atoms with Gasteiger partial charge in [0.1, 0.15) is 18.5 Å². The van der Waals surface area contributed by atoms with E-state index in [-0.39, 0.29) is 12.2 Å². The summed E-state index contributed by atoms with van der Waals surface area (Å²) in [6.45, 7) is 1.20. The number of aliphatic hydroxyl groups excluding tert-OH is 1. The van der Waals surface area contributed by atoms with Crippen molar-refractivity contribution in [1.29, 1.82) is 0 Å². The average Bonchev–Trinajstić information content (AvgIpc) is 2.72. The van der Waals surface area contributed by atoms with E-state index in [1.807, 2.05) is 0 Å². The fourth-order valence-electron chi connectivity index (χ4n) is 1.91. The zero-order valence-corrected chi connectivity index (χ0v) is 9.71. The first-order chi connectivity index (χ1) is 8.56. The summed E-state index contributed by atoms with van der Waals surface area (Å²) >= 11 is 0. The first-order valence-corrected chi connectivity index (χ1v) is 5.47. The normalized spacial score (nSPS) is 27.4. The molecule has 2 heterocycles. The number of ether oxygens (including phenoxy) is 1. The molecule has 3 N–H and O–H groups in total. The third-order valence-electron chi connectivity index (χ3n) is 2.89. The Morgan fingerprint density at radius 3 is 3.00 bits per heavy atom. The summed E-state index contributed by atoms with van der Waals surface area (Å²) in [6, 6.07) is 0. The molecule has 2 rings (SSSR count). The van der Waals surface area contributed by atoms with Crippen LogP contribution in [-0.4, -0.2) is 38.7 Å². The largest absolute Gasteiger partial charge is 0.394 e. The van der Waals surface area contributed by atoms with Crippen molar-refractivity contribution < 1.29 is 19.4 Å². The van der Waals surface area contributed by atoms with Crippen LogP contribution >= 0.6 is 0 Å². The number of aliphatic hydroxyl groups is 1. The number of aromatic nitrogens is 2. The molecular weight excluding hydrogens is 245 g/mol. The zero-order valence-electron chi connectivity index (χ0n) is 9.71. The fourth-order valence-corrected chi connectivity index (χ4v) is 1.91. The second-order valence-electron chi connectivity index (χ2n) is 4.14. The quantitative estimate of drug-likeness (QED) is 0.660. The van der Waals surface area contributed by atoms with Gasteiger partial charge >= 0.3 is 5.69 Å². The van der Waals surface area contributed by atoms with Gasteiger partial charge in [-0.15, -0.1) is 0 Å². The summed E-state index contributed by atoms with van der Waals surface area (Å²) in [7, 11) is 0. The van der Waals surface area contributed by atoms with Crippen molar-refractivity contribution in [3.05, 3.63) is 22.2 Å². The van der Waals surface area contributed by atoms with Crippen molar-refractivity contribution in [1.82, 2.24) is 9.55 Å². The predicted octanol–water partition coefficient (Wildman–Crippen LogP) is -0.0293. The molecule has 7 nitrogen and oxygen atoms in total. The van der Waals surface area contributed by atoms with Crippen LogP contribution in [0.1, 0.15) is 18.2 Å². The monoisotopic (exact) mass is 259 g/mol. The van der Waals surface area contributed by atoms with Crippen molar-refractivity contribution >= 4 is 5.82 Å². The molecule has 3 atom stereocenters. The highest BCUT2D eigenvalue weighted by Crippen LogP contribution is 2.29. The molecule has 3 unspecified atom stereocenters. The Morgan fingerprint density at radius 1 is 1.72 bits per heavy atom. The molecule has 0 aromatic carbocycles. The van der Waals surface area contributed by atoms with Crippen molar-refractivity contribution in [3.8, 4) is 0 Å². The topological polar surface area (TPSA) is 96.6 Å². The van der Waals surface area contributed by atoms with E-state index in [2.05, 4.69) is 4.98 Å². The van der Waals surface area contributed by atoms with Gasteiger partial charge < -0.3 is 9.84 Å². The van der Waals surface area contributed by atoms with E-state index >= 15 is 0 Å². The molecule has 0 bridgehead atoms. The Morgan fingerprint density at radius 2 is 2.44 bits per heavy atom. The molecule has 0 spiro atoms. The van der Waals surface area contributed by atoms with Gasteiger partial charge in [0.15, 0.2) is 5.82 Å². The Kier molecular flexibility index (Phi) is 3.60. The van der Waals surface area contributed by atoms with Crippen molar-refractivity contribution in [2.75, 3.05) is 12.1 Å². The van der Waals surface area contributed by atoms with Gasteiger partial charge in [0.25, 0.3) is 0 Å². The van der Waals surface area contributed by atoms with Gasteiger partial charge in [0.05, 0.1) is 6.61 Å². The summed E-state index contributed by atoms with van der Waals surface area (Å²) in [5.74, 6) is 0.0461. The van der Waals surface area contributed by atoms with Crippen molar-refractivity contribution in [2.24, 2.45) is 0 Å². The Hall–Kier alpha value is -1.51. The summed E-state index contributed by atoms with van der Waals surface area (Å²) in [4.78, 5) is 15.3. The maximum absolute atomic E-state index is 13.4. The van der Waals surface area contributed by atoms with Crippen LogP contribution in [0.25, 0.3) is 0 Å². The van der Waals surface area contributed by atoms with E-state index in [1.165, 1.54) is 6.20 Å². The van der Waals surface area contributed by atoms with E-state index in [0.29, 0.717) is 5.56 Å². The summed E-state index contributed by atoms with van der Waals surface area (Å²) in [6.07, 6.45) is -1.62. The number of hydrogen-bond acceptors (Lipinski definition) is 6. The lowest BCUT2D eigenvalue weighted by molar-refractivity contribution is -0.0356.